The second kappa shape index (κ2) is 6.68. The molecule has 6 heteroatoms. The van der Waals surface area contributed by atoms with Crippen LogP contribution in [0.2, 0.25) is 0 Å². The predicted molar refractivity (Wildman–Crippen MR) is 54.8 cm³/mol. The van der Waals surface area contributed by atoms with E-state index in [1.54, 1.807) is 12.1 Å². The van der Waals surface area contributed by atoms with Crippen molar-refractivity contribution in [3.8, 4) is 5.75 Å². The Morgan fingerprint density at radius 2 is 1.75 bits per heavy atom. The molecule has 0 fully saturated rings. The molecule has 1 rings (SSSR count). The maximum Gasteiger partial charge on any atom is 0.435 e. The Morgan fingerprint density at radius 1 is 1.06 bits per heavy atom. The van der Waals surface area contributed by atoms with E-state index >= 15 is 0 Å². The summed E-state index contributed by atoms with van der Waals surface area (Å²) in [7, 11) is 0. The van der Waals surface area contributed by atoms with Gasteiger partial charge in [-0.25, -0.2) is 9.59 Å². The quantitative estimate of drug-likeness (QED) is 0.454. The molecule has 0 N–H and O–H groups in total. The first-order valence-electron chi connectivity index (χ1n) is 4.41. The topological polar surface area (TPSA) is 61.8 Å². The fraction of sp³-hybridized carbons (Fsp3) is 0.200. The summed E-state index contributed by atoms with van der Waals surface area (Å²) in [5.74, 6) is -1.74. The van der Waals surface area contributed by atoms with Crippen molar-refractivity contribution in [1.29, 1.82) is 0 Å². The van der Waals surface area contributed by atoms with Crippen molar-refractivity contribution in [3.63, 3.8) is 0 Å². The molecule has 0 aromatic heterocycles. The Morgan fingerprint density at radius 3 is 2.38 bits per heavy atom. The molecule has 0 aliphatic carbocycles. The van der Waals surface area contributed by atoms with Crippen LogP contribution in [0.4, 0.5) is 0 Å². The van der Waals surface area contributed by atoms with Gasteiger partial charge >= 0.3 is 11.9 Å². The molecule has 86 valence electrons. The summed E-state index contributed by atoms with van der Waals surface area (Å²) in [5, 5.41) is 0. The average molecular weight is 245 g/mol. The molecule has 0 atom stereocenters. The van der Waals surface area contributed by atoms with Crippen LogP contribution in [0.15, 0.2) is 30.3 Å². The predicted octanol–water partition coefficient (Wildman–Crippen LogP) is 1.31. The van der Waals surface area contributed by atoms with Gasteiger partial charge in [-0.2, -0.15) is 0 Å². The molecule has 5 nitrogen and oxygen atoms in total. The van der Waals surface area contributed by atoms with Gasteiger partial charge in [-0.3, -0.25) is 0 Å². The van der Waals surface area contributed by atoms with Gasteiger partial charge in [0, 0.05) is 0 Å². The number of hydrogen-bond donors (Lipinski definition) is 0. The number of para-hydroxylation sites is 1. The number of halogens is 1. The third kappa shape index (κ3) is 4.18. The van der Waals surface area contributed by atoms with Crippen LogP contribution in [-0.2, 0) is 18.6 Å². The summed E-state index contributed by atoms with van der Waals surface area (Å²) in [4.78, 5) is 21.3. The van der Waals surface area contributed by atoms with Crippen LogP contribution in [-0.4, -0.2) is 25.2 Å². The van der Waals surface area contributed by atoms with E-state index in [4.69, 9.17) is 4.74 Å². The third-order valence-electron chi connectivity index (χ3n) is 1.57. The number of hydrogen-bond acceptors (Lipinski definition) is 5. The molecule has 0 saturated heterocycles. The number of carbonyl (C=O) groups is 2. The minimum absolute atomic E-state index is 0.0558. The van der Waals surface area contributed by atoms with Crippen molar-refractivity contribution in [2.75, 3.05) is 13.2 Å². The van der Waals surface area contributed by atoms with Crippen molar-refractivity contribution < 1.29 is 23.4 Å². The lowest BCUT2D eigenvalue weighted by Gasteiger charge is -2.05. The fourth-order valence-corrected chi connectivity index (χ4v) is 0.964. The summed E-state index contributed by atoms with van der Waals surface area (Å²) in [6, 6.07) is 8.99. The minimum Gasteiger partial charge on any atom is -0.490 e. The Hall–Kier alpha value is -1.75. The van der Waals surface area contributed by atoms with Crippen molar-refractivity contribution in [3.05, 3.63) is 30.3 Å². The highest BCUT2D eigenvalue weighted by atomic mass is 35.5. The first-order valence-corrected chi connectivity index (χ1v) is 4.72. The summed E-state index contributed by atoms with van der Waals surface area (Å²) >= 11 is 4.67. The zero-order chi connectivity index (χ0) is 11.8. The van der Waals surface area contributed by atoms with Crippen LogP contribution in [0.5, 0.6) is 5.75 Å². The van der Waals surface area contributed by atoms with Crippen LogP contribution in [0.1, 0.15) is 0 Å². The second-order valence-electron chi connectivity index (χ2n) is 2.66. The summed E-state index contributed by atoms with van der Waals surface area (Å²) < 4.78 is 13.3. The maximum absolute atomic E-state index is 10.7. The van der Waals surface area contributed by atoms with Crippen molar-refractivity contribution in [1.82, 2.24) is 0 Å². The molecule has 0 spiro atoms. The van der Waals surface area contributed by atoms with Crippen molar-refractivity contribution in [2.24, 2.45) is 0 Å². The van der Waals surface area contributed by atoms with Crippen molar-refractivity contribution in [2.45, 2.75) is 0 Å². The van der Waals surface area contributed by atoms with Gasteiger partial charge in [0.25, 0.3) is 0 Å². The molecule has 0 aliphatic rings. The van der Waals surface area contributed by atoms with E-state index in [1.165, 1.54) is 0 Å². The van der Waals surface area contributed by atoms with E-state index in [0.29, 0.717) is 5.75 Å². The number of ether oxygens (including phenoxy) is 2. The number of rotatable bonds is 4. The lowest BCUT2D eigenvalue weighted by molar-refractivity contribution is -0.162. The van der Waals surface area contributed by atoms with Gasteiger partial charge in [-0.15, -0.1) is 0 Å². The van der Waals surface area contributed by atoms with Crippen LogP contribution >= 0.6 is 11.9 Å². The average Bonchev–Trinajstić information content (AvgIpc) is 2.34. The normalized spacial score (nSPS) is 9.31. The van der Waals surface area contributed by atoms with Gasteiger partial charge in [-0.05, 0) is 12.1 Å². The minimum atomic E-state index is -1.25. The molecule has 1 aromatic rings. The van der Waals surface area contributed by atoms with E-state index in [-0.39, 0.29) is 13.2 Å². The lowest BCUT2D eigenvalue weighted by Crippen LogP contribution is -2.20. The Bertz CT molecular complexity index is 351. The van der Waals surface area contributed by atoms with Crippen LogP contribution in [0.25, 0.3) is 0 Å². The lowest BCUT2D eigenvalue weighted by atomic mass is 10.3. The Labute approximate surface area is 97.0 Å². The monoisotopic (exact) mass is 244 g/mol. The smallest absolute Gasteiger partial charge is 0.435 e. The largest absolute Gasteiger partial charge is 0.490 e. The molecule has 0 radical (unpaired) electrons. The maximum atomic E-state index is 10.7. The van der Waals surface area contributed by atoms with Gasteiger partial charge in [0.15, 0.2) is 0 Å². The summed E-state index contributed by atoms with van der Waals surface area (Å²) in [6.45, 7) is 0.0883. The Balaban J connectivity index is 2.17. The standard InChI is InChI=1S/C10H9ClO5/c11-16-10(13)9(12)15-7-6-14-8-4-2-1-3-5-8/h1-5H,6-7H2. The first kappa shape index (κ1) is 12.3. The molecular weight excluding hydrogens is 236 g/mol. The molecule has 0 bridgehead atoms. The highest BCUT2D eigenvalue weighted by Gasteiger charge is 2.16. The van der Waals surface area contributed by atoms with Gasteiger partial charge in [0.2, 0.25) is 0 Å². The van der Waals surface area contributed by atoms with Crippen LogP contribution in [0, 0.1) is 0 Å². The SMILES string of the molecule is O=C(OCl)C(=O)OCCOc1ccccc1. The van der Waals surface area contributed by atoms with Crippen molar-refractivity contribution >= 4 is 23.8 Å². The molecule has 0 heterocycles. The molecule has 0 saturated carbocycles. The second-order valence-corrected chi connectivity index (χ2v) is 2.82. The number of benzene rings is 1. The molecule has 1 aromatic carbocycles. The fourth-order valence-electron chi connectivity index (χ4n) is 0.901. The van der Waals surface area contributed by atoms with Gasteiger partial charge in [0.1, 0.15) is 30.8 Å². The number of carbonyl (C=O) groups excluding carboxylic acids is 2. The number of esters is 1. The third-order valence-corrected chi connectivity index (χ3v) is 1.71. The van der Waals surface area contributed by atoms with Crippen LogP contribution < -0.4 is 4.74 Å². The molecular formula is C10H9ClO5. The van der Waals surface area contributed by atoms with E-state index in [0.717, 1.165) is 0 Å². The molecule has 16 heavy (non-hydrogen) atoms. The highest BCUT2D eigenvalue weighted by Crippen LogP contribution is 2.07. The molecule has 0 unspecified atom stereocenters. The van der Waals surface area contributed by atoms with E-state index in [1.807, 2.05) is 18.2 Å². The summed E-state index contributed by atoms with van der Waals surface area (Å²) in [6.07, 6.45) is 0. The molecule has 0 amide bonds. The molecule has 0 aliphatic heterocycles. The van der Waals surface area contributed by atoms with Gasteiger partial charge < -0.3 is 13.8 Å². The van der Waals surface area contributed by atoms with E-state index < -0.39 is 11.9 Å². The highest BCUT2D eigenvalue weighted by molar-refractivity contribution is 6.35. The van der Waals surface area contributed by atoms with E-state index in [2.05, 4.69) is 20.9 Å². The summed E-state index contributed by atoms with van der Waals surface area (Å²) in [5.41, 5.74) is 0. The van der Waals surface area contributed by atoms with Crippen LogP contribution in [0.3, 0.4) is 0 Å². The zero-order valence-electron chi connectivity index (χ0n) is 8.22. The first-order chi connectivity index (χ1) is 7.74. The van der Waals surface area contributed by atoms with E-state index in [9.17, 15) is 9.59 Å². The zero-order valence-corrected chi connectivity index (χ0v) is 8.98. The van der Waals surface area contributed by atoms with Gasteiger partial charge in [0.05, 0.1) is 0 Å². The van der Waals surface area contributed by atoms with Gasteiger partial charge in [-0.1, -0.05) is 18.2 Å². The Kier molecular flexibility index (Phi) is 5.15.